The summed E-state index contributed by atoms with van der Waals surface area (Å²) in [5.74, 6) is 0. The van der Waals surface area contributed by atoms with Crippen molar-refractivity contribution in [1.82, 2.24) is 20.2 Å². The molecule has 1 aromatic rings. The Labute approximate surface area is 93.7 Å². The molecule has 1 rings (SSSR count). The molecule has 0 unspecified atom stereocenters. The summed E-state index contributed by atoms with van der Waals surface area (Å²) >= 11 is 0. The highest BCUT2D eigenvalue weighted by Gasteiger charge is 2.01. The zero-order valence-corrected chi connectivity index (χ0v) is 9.43. The summed E-state index contributed by atoms with van der Waals surface area (Å²) in [4.78, 5) is 26.3. The third kappa shape index (κ3) is 4.12. The van der Waals surface area contributed by atoms with Gasteiger partial charge in [-0.15, -0.1) is 0 Å². The number of rotatable bonds is 4. The van der Waals surface area contributed by atoms with E-state index in [-0.39, 0.29) is 17.6 Å². The summed E-state index contributed by atoms with van der Waals surface area (Å²) in [7, 11) is 0. The van der Waals surface area contributed by atoms with Gasteiger partial charge in [-0.2, -0.15) is 0 Å². The van der Waals surface area contributed by atoms with E-state index in [2.05, 4.69) is 15.6 Å². The first-order valence-electron chi connectivity index (χ1n) is 5.14. The van der Waals surface area contributed by atoms with E-state index in [1.807, 2.05) is 13.8 Å². The molecule has 0 saturated carbocycles. The largest absolute Gasteiger partial charge is 0.336 e. The maximum atomic E-state index is 11.3. The fourth-order valence-corrected chi connectivity index (χ4v) is 1.15. The molecule has 16 heavy (non-hydrogen) atoms. The van der Waals surface area contributed by atoms with Gasteiger partial charge in [0.2, 0.25) is 0 Å². The highest BCUT2D eigenvalue weighted by molar-refractivity contribution is 5.73. The van der Waals surface area contributed by atoms with E-state index in [0.717, 1.165) is 0 Å². The van der Waals surface area contributed by atoms with Crippen LogP contribution in [0.25, 0.3) is 0 Å². The number of carbonyl (C=O) groups is 1. The molecule has 2 N–H and O–H groups in total. The lowest BCUT2D eigenvalue weighted by Crippen LogP contribution is -2.41. The lowest BCUT2D eigenvalue weighted by atomic mass is 10.4. The van der Waals surface area contributed by atoms with Crippen LogP contribution in [0.15, 0.2) is 23.4 Å². The lowest BCUT2D eigenvalue weighted by molar-refractivity contribution is 0.238. The van der Waals surface area contributed by atoms with Crippen LogP contribution < -0.4 is 16.2 Å². The van der Waals surface area contributed by atoms with E-state index in [9.17, 15) is 9.59 Å². The van der Waals surface area contributed by atoms with Crippen molar-refractivity contribution in [3.8, 4) is 0 Å². The van der Waals surface area contributed by atoms with Crippen molar-refractivity contribution in [1.29, 1.82) is 0 Å². The van der Waals surface area contributed by atoms with E-state index in [4.69, 9.17) is 0 Å². The van der Waals surface area contributed by atoms with Crippen molar-refractivity contribution < 1.29 is 4.79 Å². The Balaban J connectivity index is 2.34. The average molecular weight is 224 g/mol. The van der Waals surface area contributed by atoms with Gasteiger partial charge in [0.1, 0.15) is 0 Å². The van der Waals surface area contributed by atoms with Crippen LogP contribution in [0.2, 0.25) is 0 Å². The second-order valence-corrected chi connectivity index (χ2v) is 3.67. The van der Waals surface area contributed by atoms with E-state index in [0.29, 0.717) is 13.1 Å². The van der Waals surface area contributed by atoms with E-state index in [1.54, 1.807) is 0 Å². The van der Waals surface area contributed by atoms with Crippen LogP contribution in [0.4, 0.5) is 4.79 Å². The predicted molar refractivity (Wildman–Crippen MR) is 60.2 cm³/mol. The number of aromatic nitrogens is 2. The Kier molecular flexibility index (Phi) is 4.50. The number of nitrogens with zero attached hydrogens (tertiary/aromatic N) is 2. The Morgan fingerprint density at radius 2 is 2.31 bits per heavy atom. The molecule has 0 aliphatic carbocycles. The van der Waals surface area contributed by atoms with Gasteiger partial charge in [-0.25, -0.2) is 9.78 Å². The minimum absolute atomic E-state index is 0.0983. The normalized spacial score (nSPS) is 10.2. The van der Waals surface area contributed by atoms with Crippen LogP contribution >= 0.6 is 0 Å². The van der Waals surface area contributed by atoms with Crippen molar-refractivity contribution in [2.75, 3.05) is 6.54 Å². The van der Waals surface area contributed by atoms with Crippen LogP contribution in [-0.4, -0.2) is 28.2 Å². The lowest BCUT2D eigenvalue weighted by Gasteiger charge is -2.10. The van der Waals surface area contributed by atoms with Crippen LogP contribution in [0.5, 0.6) is 0 Å². The number of nitrogens with one attached hydrogen (secondary N) is 2. The Bertz CT molecular complexity index is 400. The molecule has 6 nitrogen and oxygen atoms in total. The summed E-state index contributed by atoms with van der Waals surface area (Å²) in [6.07, 6.45) is 2.89. The molecule has 0 aliphatic heterocycles. The number of amides is 2. The van der Waals surface area contributed by atoms with Crippen molar-refractivity contribution in [2.24, 2.45) is 0 Å². The Morgan fingerprint density at radius 1 is 1.56 bits per heavy atom. The summed E-state index contributed by atoms with van der Waals surface area (Å²) in [5.41, 5.74) is -0.124. The molecule has 0 bridgehead atoms. The van der Waals surface area contributed by atoms with Gasteiger partial charge < -0.3 is 10.6 Å². The first kappa shape index (κ1) is 12.2. The number of hydrogen-bond acceptors (Lipinski definition) is 3. The quantitative estimate of drug-likeness (QED) is 0.753. The van der Waals surface area contributed by atoms with Crippen molar-refractivity contribution in [3.63, 3.8) is 0 Å². The van der Waals surface area contributed by atoms with Gasteiger partial charge in [0, 0.05) is 31.4 Å². The number of urea groups is 1. The third-order valence-corrected chi connectivity index (χ3v) is 1.85. The molecular formula is C10H16N4O2. The van der Waals surface area contributed by atoms with Crippen molar-refractivity contribution in [3.05, 3.63) is 28.9 Å². The van der Waals surface area contributed by atoms with Crippen LogP contribution in [0.3, 0.4) is 0 Å². The Hall–Kier alpha value is -1.85. The molecule has 0 aliphatic rings. The van der Waals surface area contributed by atoms with E-state index in [1.165, 1.54) is 23.2 Å². The molecule has 0 radical (unpaired) electrons. The summed E-state index contributed by atoms with van der Waals surface area (Å²) in [6.45, 7) is 4.57. The monoisotopic (exact) mass is 224 g/mol. The maximum absolute atomic E-state index is 11.3. The molecule has 88 valence electrons. The SMILES string of the molecule is CC(C)NC(=O)NCCn1cnccc1=O. The van der Waals surface area contributed by atoms with Gasteiger partial charge in [0.15, 0.2) is 0 Å². The number of carbonyl (C=O) groups excluding carboxylic acids is 1. The minimum atomic E-state index is -0.230. The maximum Gasteiger partial charge on any atom is 0.315 e. The molecule has 1 heterocycles. The van der Waals surface area contributed by atoms with Crippen LogP contribution in [0.1, 0.15) is 13.8 Å². The zero-order chi connectivity index (χ0) is 12.0. The standard InChI is InChI=1S/C10H16N4O2/c1-8(2)13-10(16)12-5-6-14-7-11-4-3-9(14)15/h3-4,7-8H,5-6H2,1-2H3,(H2,12,13,16). The minimum Gasteiger partial charge on any atom is -0.336 e. The predicted octanol–water partition coefficient (Wildman–Crippen LogP) is -0.0491. The van der Waals surface area contributed by atoms with Gasteiger partial charge in [0.25, 0.3) is 5.56 Å². The molecule has 0 aromatic carbocycles. The molecule has 1 aromatic heterocycles. The van der Waals surface area contributed by atoms with Gasteiger partial charge in [0.05, 0.1) is 6.33 Å². The van der Waals surface area contributed by atoms with Gasteiger partial charge in [-0.3, -0.25) is 9.36 Å². The first-order chi connectivity index (χ1) is 7.59. The van der Waals surface area contributed by atoms with Gasteiger partial charge in [-0.05, 0) is 13.8 Å². The molecule has 2 amide bonds. The molecule has 6 heteroatoms. The number of hydrogen-bond donors (Lipinski definition) is 2. The van der Waals surface area contributed by atoms with Gasteiger partial charge in [-0.1, -0.05) is 0 Å². The summed E-state index contributed by atoms with van der Waals surface area (Å²) in [5, 5.41) is 5.34. The topological polar surface area (TPSA) is 76.0 Å². The Morgan fingerprint density at radius 3 is 2.94 bits per heavy atom. The summed E-state index contributed by atoms with van der Waals surface area (Å²) in [6, 6.07) is 1.25. The van der Waals surface area contributed by atoms with E-state index < -0.39 is 0 Å². The molecule has 0 saturated heterocycles. The highest BCUT2D eigenvalue weighted by atomic mass is 16.2. The van der Waals surface area contributed by atoms with E-state index >= 15 is 0 Å². The highest BCUT2D eigenvalue weighted by Crippen LogP contribution is 1.79. The average Bonchev–Trinajstić information content (AvgIpc) is 2.19. The fourth-order valence-electron chi connectivity index (χ4n) is 1.15. The van der Waals surface area contributed by atoms with Crippen LogP contribution in [0, 0.1) is 0 Å². The summed E-state index contributed by atoms with van der Waals surface area (Å²) < 4.78 is 1.44. The van der Waals surface area contributed by atoms with Gasteiger partial charge >= 0.3 is 6.03 Å². The second-order valence-electron chi connectivity index (χ2n) is 3.67. The molecule has 0 atom stereocenters. The van der Waals surface area contributed by atoms with Crippen LogP contribution in [-0.2, 0) is 6.54 Å². The third-order valence-electron chi connectivity index (χ3n) is 1.85. The van der Waals surface area contributed by atoms with Crippen molar-refractivity contribution in [2.45, 2.75) is 26.4 Å². The zero-order valence-electron chi connectivity index (χ0n) is 9.43. The second kappa shape index (κ2) is 5.89. The van der Waals surface area contributed by atoms with Crippen molar-refractivity contribution >= 4 is 6.03 Å². The smallest absolute Gasteiger partial charge is 0.315 e. The molecule has 0 fully saturated rings. The molecule has 0 spiro atoms. The molecular weight excluding hydrogens is 208 g/mol. The first-order valence-corrected chi connectivity index (χ1v) is 5.14. The fraction of sp³-hybridized carbons (Fsp3) is 0.500.